The van der Waals surface area contributed by atoms with Crippen molar-refractivity contribution >= 4 is 23.3 Å². The molecule has 1 aromatic carbocycles. The molecule has 3 heterocycles. The summed E-state index contributed by atoms with van der Waals surface area (Å²) in [5.41, 5.74) is 3.26. The minimum absolute atomic E-state index is 0.0525. The first-order valence-electron chi connectivity index (χ1n) is 10.2. The summed E-state index contributed by atoms with van der Waals surface area (Å²) in [4.78, 5) is 32.0. The molecule has 2 aliphatic rings. The minimum atomic E-state index is -0.126. The van der Waals surface area contributed by atoms with Gasteiger partial charge in [-0.05, 0) is 43.8 Å². The molecule has 29 heavy (non-hydrogen) atoms. The van der Waals surface area contributed by atoms with Crippen molar-refractivity contribution in [2.24, 2.45) is 0 Å². The maximum atomic E-state index is 12.8. The molecule has 0 N–H and O–H groups in total. The van der Waals surface area contributed by atoms with Crippen molar-refractivity contribution in [3.8, 4) is 0 Å². The molecule has 0 bridgehead atoms. The average Bonchev–Trinajstić information content (AvgIpc) is 3.16. The Bertz CT molecular complexity index is 873. The number of likely N-dealkylation sites (tertiary alicyclic amines) is 1. The first-order chi connectivity index (χ1) is 14.0. The number of carbonyl (C=O) groups is 2. The highest BCUT2D eigenvalue weighted by atomic mass is 32.1. The Morgan fingerprint density at radius 3 is 2.45 bits per heavy atom. The van der Waals surface area contributed by atoms with E-state index in [-0.39, 0.29) is 24.4 Å². The predicted molar refractivity (Wildman–Crippen MR) is 112 cm³/mol. The molecule has 0 spiro atoms. The number of aromatic nitrogens is 2. The van der Waals surface area contributed by atoms with Gasteiger partial charge >= 0.3 is 0 Å². The molecule has 2 fully saturated rings. The number of hydrogen-bond donors (Lipinski definition) is 0. The third-order valence-electron chi connectivity index (χ3n) is 5.91. The van der Waals surface area contributed by atoms with E-state index in [2.05, 4.69) is 45.7 Å². The van der Waals surface area contributed by atoms with Crippen LogP contribution in [0.3, 0.4) is 0 Å². The lowest BCUT2D eigenvalue weighted by Crippen LogP contribution is -2.57. The molecule has 2 amide bonds. The van der Waals surface area contributed by atoms with E-state index in [1.165, 1.54) is 11.1 Å². The Morgan fingerprint density at radius 1 is 1.10 bits per heavy atom. The molecule has 154 valence electrons. The molecular formula is C21H27N5O2S. The SMILES string of the molecule is Cc1ccc(CN2CCC(N3CCN(C(=O)c4snnc4C)CC3=O)CC2)cc1. The van der Waals surface area contributed by atoms with E-state index in [0.29, 0.717) is 23.7 Å². The predicted octanol–water partition coefficient (Wildman–Crippen LogP) is 2.10. The average molecular weight is 414 g/mol. The zero-order chi connectivity index (χ0) is 20.4. The smallest absolute Gasteiger partial charge is 0.268 e. The molecule has 4 rings (SSSR count). The largest absolute Gasteiger partial charge is 0.336 e. The topological polar surface area (TPSA) is 69.6 Å². The lowest BCUT2D eigenvalue weighted by Gasteiger charge is -2.42. The van der Waals surface area contributed by atoms with Gasteiger partial charge in [0.05, 0.1) is 5.69 Å². The Kier molecular flexibility index (Phi) is 5.91. The first kappa shape index (κ1) is 20.0. The Labute approximate surface area is 175 Å². The van der Waals surface area contributed by atoms with Gasteiger partial charge in [0.1, 0.15) is 11.4 Å². The van der Waals surface area contributed by atoms with Crippen LogP contribution in [0.15, 0.2) is 24.3 Å². The number of piperidine rings is 1. The van der Waals surface area contributed by atoms with Gasteiger partial charge in [0.2, 0.25) is 5.91 Å². The fourth-order valence-corrected chi connectivity index (χ4v) is 4.78. The van der Waals surface area contributed by atoms with Crippen LogP contribution >= 0.6 is 11.5 Å². The van der Waals surface area contributed by atoms with Gasteiger partial charge in [-0.3, -0.25) is 14.5 Å². The van der Waals surface area contributed by atoms with Crippen molar-refractivity contribution in [1.82, 2.24) is 24.3 Å². The summed E-state index contributed by atoms with van der Waals surface area (Å²) >= 11 is 1.10. The summed E-state index contributed by atoms with van der Waals surface area (Å²) in [7, 11) is 0. The Hall–Kier alpha value is -2.32. The van der Waals surface area contributed by atoms with Crippen molar-refractivity contribution in [2.75, 3.05) is 32.7 Å². The Morgan fingerprint density at radius 2 is 1.83 bits per heavy atom. The maximum Gasteiger partial charge on any atom is 0.268 e. The molecule has 8 heteroatoms. The van der Waals surface area contributed by atoms with Gasteiger partial charge in [0, 0.05) is 38.8 Å². The van der Waals surface area contributed by atoms with E-state index < -0.39 is 0 Å². The fraction of sp³-hybridized carbons (Fsp3) is 0.524. The quantitative estimate of drug-likeness (QED) is 0.768. The first-order valence-corrected chi connectivity index (χ1v) is 10.9. The van der Waals surface area contributed by atoms with E-state index in [4.69, 9.17) is 0 Å². The van der Waals surface area contributed by atoms with Gasteiger partial charge in [-0.2, -0.15) is 0 Å². The summed E-state index contributed by atoms with van der Waals surface area (Å²) in [6.07, 6.45) is 1.98. The number of hydrogen-bond acceptors (Lipinski definition) is 6. The summed E-state index contributed by atoms with van der Waals surface area (Å²) < 4.78 is 3.83. The number of piperazine rings is 1. The standard InChI is InChI=1S/C21H27N5O2S/c1-15-3-5-17(6-4-15)13-24-9-7-18(8-10-24)26-12-11-25(14-19(26)27)21(28)20-16(2)22-23-29-20/h3-6,18H,7-14H2,1-2H3. The molecule has 2 aliphatic heterocycles. The van der Waals surface area contributed by atoms with Crippen LogP contribution in [-0.2, 0) is 11.3 Å². The van der Waals surface area contributed by atoms with Crippen LogP contribution in [-0.4, -0.2) is 74.9 Å². The lowest BCUT2D eigenvalue weighted by molar-refractivity contribution is -0.138. The summed E-state index contributed by atoms with van der Waals surface area (Å²) in [5, 5.41) is 3.90. The lowest BCUT2D eigenvalue weighted by atomic mass is 10.0. The van der Waals surface area contributed by atoms with Gasteiger partial charge in [-0.25, -0.2) is 0 Å². The molecular weight excluding hydrogens is 386 g/mol. The van der Waals surface area contributed by atoms with E-state index in [1.54, 1.807) is 11.8 Å². The van der Waals surface area contributed by atoms with Crippen LogP contribution in [0, 0.1) is 13.8 Å². The normalized spacial score (nSPS) is 19.0. The van der Waals surface area contributed by atoms with Gasteiger partial charge in [-0.1, -0.05) is 34.3 Å². The van der Waals surface area contributed by atoms with Gasteiger partial charge in [-0.15, -0.1) is 5.10 Å². The number of carbonyl (C=O) groups excluding carboxylic acids is 2. The summed E-state index contributed by atoms with van der Waals surface area (Å²) in [5.74, 6) is -0.0740. The van der Waals surface area contributed by atoms with Crippen LogP contribution < -0.4 is 0 Å². The highest BCUT2D eigenvalue weighted by Crippen LogP contribution is 2.22. The molecule has 0 atom stereocenters. The fourth-order valence-electron chi connectivity index (χ4n) is 4.16. The minimum Gasteiger partial charge on any atom is -0.336 e. The van der Waals surface area contributed by atoms with Crippen molar-refractivity contribution in [2.45, 2.75) is 39.3 Å². The molecule has 0 aliphatic carbocycles. The number of amides is 2. The van der Waals surface area contributed by atoms with Crippen LogP contribution in [0.1, 0.15) is 39.3 Å². The molecule has 0 saturated carbocycles. The van der Waals surface area contributed by atoms with Gasteiger partial charge in [0.15, 0.2) is 0 Å². The van der Waals surface area contributed by atoms with E-state index in [9.17, 15) is 9.59 Å². The highest BCUT2D eigenvalue weighted by Gasteiger charge is 2.34. The second-order valence-electron chi connectivity index (χ2n) is 7.99. The third-order valence-corrected chi connectivity index (χ3v) is 6.73. The highest BCUT2D eigenvalue weighted by molar-refractivity contribution is 7.07. The summed E-state index contributed by atoms with van der Waals surface area (Å²) in [6, 6.07) is 8.99. The monoisotopic (exact) mass is 413 g/mol. The van der Waals surface area contributed by atoms with Crippen molar-refractivity contribution < 1.29 is 9.59 Å². The third kappa shape index (κ3) is 4.48. The van der Waals surface area contributed by atoms with Crippen LogP contribution in [0.4, 0.5) is 0 Å². The number of benzene rings is 1. The van der Waals surface area contributed by atoms with Crippen molar-refractivity contribution in [3.63, 3.8) is 0 Å². The molecule has 1 aromatic heterocycles. The van der Waals surface area contributed by atoms with Gasteiger partial charge in [0.25, 0.3) is 5.91 Å². The van der Waals surface area contributed by atoms with Crippen LogP contribution in [0.2, 0.25) is 0 Å². The van der Waals surface area contributed by atoms with Crippen molar-refractivity contribution in [1.29, 1.82) is 0 Å². The number of aryl methyl sites for hydroxylation is 2. The van der Waals surface area contributed by atoms with E-state index in [0.717, 1.165) is 44.0 Å². The van der Waals surface area contributed by atoms with E-state index >= 15 is 0 Å². The molecule has 7 nitrogen and oxygen atoms in total. The Balaban J connectivity index is 1.28. The zero-order valence-electron chi connectivity index (χ0n) is 17.0. The zero-order valence-corrected chi connectivity index (χ0v) is 17.8. The van der Waals surface area contributed by atoms with Crippen LogP contribution in [0.5, 0.6) is 0 Å². The number of rotatable bonds is 4. The molecule has 0 radical (unpaired) electrons. The molecule has 0 unspecified atom stereocenters. The molecule has 2 aromatic rings. The summed E-state index contributed by atoms with van der Waals surface area (Å²) in [6.45, 7) is 8.18. The van der Waals surface area contributed by atoms with Crippen LogP contribution in [0.25, 0.3) is 0 Å². The van der Waals surface area contributed by atoms with Gasteiger partial charge < -0.3 is 9.80 Å². The van der Waals surface area contributed by atoms with Crippen molar-refractivity contribution in [3.05, 3.63) is 46.0 Å². The van der Waals surface area contributed by atoms with E-state index in [1.807, 2.05) is 4.90 Å². The molecule has 2 saturated heterocycles. The maximum absolute atomic E-state index is 12.8. The second-order valence-corrected chi connectivity index (χ2v) is 8.75. The number of nitrogens with zero attached hydrogens (tertiary/aromatic N) is 5. The second kappa shape index (κ2) is 8.59.